The number of esters is 1. The fourth-order valence-corrected chi connectivity index (χ4v) is 1.62. The monoisotopic (exact) mass is 284 g/mol. The van der Waals surface area contributed by atoms with Gasteiger partial charge in [-0.25, -0.2) is 4.79 Å². The van der Waals surface area contributed by atoms with Crippen molar-refractivity contribution in [3.8, 4) is 0 Å². The standard InChI is InChI=1S/C12H13ClN2O4/c1-6(16)14-9-4-8(12(18)19-3)5-10(11(9)13)15-7(2)17/h4-5H,1-3H3,(H,14,16)(H,15,17). The summed E-state index contributed by atoms with van der Waals surface area (Å²) in [6.07, 6.45) is 0. The molecule has 0 aliphatic heterocycles. The van der Waals surface area contributed by atoms with Gasteiger partial charge in [0.25, 0.3) is 0 Å². The lowest BCUT2D eigenvalue weighted by Gasteiger charge is -2.12. The summed E-state index contributed by atoms with van der Waals surface area (Å²) in [5, 5.41) is 5.09. The van der Waals surface area contributed by atoms with Crippen molar-refractivity contribution in [1.82, 2.24) is 0 Å². The Balaban J connectivity index is 3.32. The highest BCUT2D eigenvalue weighted by molar-refractivity contribution is 6.37. The SMILES string of the molecule is COC(=O)c1cc(NC(C)=O)c(Cl)c(NC(C)=O)c1. The minimum Gasteiger partial charge on any atom is -0.465 e. The maximum atomic E-state index is 11.5. The number of ether oxygens (including phenoxy) is 1. The van der Waals surface area contributed by atoms with Crippen molar-refractivity contribution < 1.29 is 19.1 Å². The molecule has 0 atom stereocenters. The van der Waals surface area contributed by atoms with Crippen LogP contribution in [0.1, 0.15) is 24.2 Å². The Labute approximate surface area is 115 Å². The topological polar surface area (TPSA) is 84.5 Å². The van der Waals surface area contributed by atoms with Crippen LogP contribution < -0.4 is 10.6 Å². The van der Waals surface area contributed by atoms with Gasteiger partial charge in [0.05, 0.1) is 29.1 Å². The van der Waals surface area contributed by atoms with Crippen molar-refractivity contribution in [2.45, 2.75) is 13.8 Å². The molecule has 19 heavy (non-hydrogen) atoms. The maximum absolute atomic E-state index is 11.5. The van der Waals surface area contributed by atoms with Crippen LogP contribution in [0, 0.1) is 0 Å². The Hall–Kier alpha value is -2.08. The van der Waals surface area contributed by atoms with Crippen molar-refractivity contribution >= 4 is 40.8 Å². The first-order valence-corrected chi connectivity index (χ1v) is 5.70. The molecular formula is C12H13ClN2O4. The number of benzene rings is 1. The number of nitrogens with one attached hydrogen (secondary N) is 2. The lowest BCUT2D eigenvalue weighted by Crippen LogP contribution is -2.12. The van der Waals surface area contributed by atoms with Gasteiger partial charge in [-0.3, -0.25) is 9.59 Å². The van der Waals surface area contributed by atoms with Gasteiger partial charge in [0.15, 0.2) is 0 Å². The molecule has 0 fully saturated rings. The predicted molar refractivity (Wildman–Crippen MR) is 71.4 cm³/mol. The molecule has 2 N–H and O–H groups in total. The van der Waals surface area contributed by atoms with Crippen LogP contribution in [0.4, 0.5) is 11.4 Å². The van der Waals surface area contributed by atoms with Crippen LogP contribution in [-0.4, -0.2) is 24.9 Å². The summed E-state index contributed by atoms with van der Waals surface area (Å²) in [6, 6.07) is 2.75. The Morgan fingerprint density at radius 2 is 1.47 bits per heavy atom. The second-order valence-corrected chi connectivity index (χ2v) is 4.12. The average molecular weight is 285 g/mol. The largest absolute Gasteiger partial charge is 0.465 e. The van der Waals surface area contributed by atoms with Gasteiger partial charge in [-0.05, 0) is 12.1 Å². The van der Waals surface area contributed by atoms with E-state index in [-0.39, 0.29) is 33.8 Å². The van der Waals surface area contributed by atoms with Gasteiger partial charge >= 0.3 is 5.97 Å². The summed E-state index contributed by atoms with van der Waals surface area (Å²) in [7, 11) is 1.23. The van der Waals surface area contributed by atoms with Crippen LogP contribution in [0.3, 0.4) is 0 Å². The van der Waals surface area contributed by atoms with Crippen molar-refractivity contribution in [3.05, 3.63) is 22.7 Å². The Kier molecular flexibility index (Phi) is 4.88. The van der Waals surface area contributed by atoms with Crippen LogP contribution in [0.5, 0.6) is 0 Å². The number of anilines is 2. The summed E-state index contributed by atoms with van der Waals surface area (Å²) in [5.41, 5.74) is 0.612. The van der Waals surface area contributed by atoms with E-state index < -0.39 is 5.97 Å². The minimum atomic E-state index is -0.602. The second kappa shape index (κ2) is 6.19. The highest BCUT2D eigenvalue weighted by Crippen LogP contribution is 2.32. The average Bonchev–Trinajstić information content (AvgIpc) is 2.31. The first kappa shape index (κ1) is 15.0. The number of methoxy groups -OCH3 is 1. The first-order valence-electron chi connectivity index (χ1n) is 5.32. The third kappa shape index (κ3) is 3.96. The summed E-state index contributed by atoms with van der Waals surface area (Å²) in [6.45, 7) is 2.61. The molecular weight excluding hydrogens is 272 g/mol. The van der Waals surface area contributed by atoms with E-state index in [2.05, 4.69) is 15.4 Å². The normalized spacial score (nSPS) is 9.68. The van der Waals surface area contributed by atoms with E-state index in [1.54, 1.807) is 0 Å². The number of carbonyl (C=O) groups is 3. The molecule has 0 aliphatic rings. The molecule has 0 aromatic heterocycles. The number of amides is 2. The minimum absolute atomic E-state index is 0.137. The zero-order valence-corrected chi connectivity index (χ0v) is 11.4. The zero-order chi connectivity index (χ0) is 14.6. The van der Waals surface area contributed by atoms with Crippen LogP contribution >= 0.6 is 11.6 Å². The predicted octanol–water partition coefficient (Wildman–Crippen LogP) is 2.04. The summed E-state index contributed by atoms with van der Waals surface area (Å²) in [4.78, 5) is 33.7. The van der Waals surface area contributed by atoms with Crippen LogP contribution in [0.15, 0.2) is 12.1 Å². The molecule has 0 unspecified atom stereocenters. The quantitative estimate of drug-likeness (QED) is 0.832. The lowest BCUT2D eigenvalue weighted by molar-refractivity contribution is -0.115. The van der Waals surface area contributed by atoms with Crippen LogP contribution in [0.2, 0.25) is 5.02 Å². The molecule has 1 rings (SSSR count). The molecule has 0 saturated heterocycles. The Morgan fingerprint density at radius 3 is 1.79 bits per heavy atom. The smallest absolute Gasteiger partial charge is 0.338 e. The molecule has 0 radical (unpaired) electrons. The molecule has 0 bridgehead atoms. The van der Waals surface area contributed by atoms with Gasteiger partial charge in [0.1, 0.15) is 0 Å². The highest BCUT2D eigenvalue weighted by Gasteiger charge is 2.15. The third-order valence-corrected chi connectivity index (χ3v) is 2.52. The van der Waals surface area contributed by atoms with E-state index in [0.717, 1.165) is 0 Å². The molecule has 0 heterocycles. The summed E-state index contributed by atoms with van der Waals surface area (Å²) >= 11 is 6.04. The number of carbonyl (C=O) groups excluding carboxylic acids is 3. The van der Waals surface area contributed by atoms with E-state index in [1.807, 2.05) is 0 Å². The first-order chi connectivity index (χ1) is 8.85. The fourth-order valence-electron chi connectivity index (χ4n) is 1.42. The van der Waals surface area contributed by atoms with Gasteiger partial charge in [-0.2, -0.15) is 0 Å². The molecule has 102 valence electrons. The van der Waals surface area contributed by atoms with Gasteiger partial charge in [-0.1, -0.05) is 11.6 Å². The number of rotatable bonds is 3. The van der Waals surface area contributed by atoms with E-state index >= 15 is 0 Å². The van der Waals surface area contributed by atoms with Gasteiger partial charge in [0.2, 0.25) is 11.8 Å². The van der Waals surface area contributed by atoms with E-state index in [4.69, 9.17) is 11.6 Å². The molecule has 0 aliphatic carbocycles. The van der Waals surface area contributed by atoms with Crippen molar-refractivity contribution in [2.24, 2.45) is 0 Å². The molecule has 7 heteroatoms. The zero-order valence-electron chi connectivity index (χ0n) is 10.7. The van der Waals surface area contributed by atoms with E-state index in [9.17, 15) is 14.4 Å². The number of hydrogen-bond donors (Lipinski definition) is 2. The molecule has 0 spiro atoms. The van der Waals surface area contributed by atoms with Gasteiger partial charge in [-0.15, -0.1) is 0 Å². The fraction of sp³-hybridized carbons (Fsp3) is 0.250. The Bertz CT molecular complexity index is 506. The summed E-state index contributed by atoms with van der Waals surface area (Å²) in [5.74, 6) is -1.30. The highest BCUT2D eigenvalue weighted by atomic mass is 35.5. The van der Waals surface area contributed by atoms with Gasteiger partial charge < -0.3 is 15.4 Å². The molecule has 0 saturated carbocycles. The molecule has 6 nitrogen and oxygen atoms in total. The second-order valence-electron chi connectivity index (χ2n) is 3.74. The van der Waals surface area contributed by atoms with Crippen LogP contribution in [0.25, 0.3) is 0 Å². The summed E-state index contributed by atoms with van der Waals surface area (Å²) < 4.78 is 4.59. The molecule has 1 aromatic carbocycles. The van der Waals surface area contributed by atoms with Crippen LogP contribution in [-0.2, 0) is 14.3 Å². The van der Waals surface area contributed by atoms with E-state index in [0.29, 0.717) is 0 Å². The van der Waals surface area contributed by atoms with Gasteiger partial charge in [0, 0.05) is 13.8 Å². The van der Waals surface area contributed by atoms with E-state index in [1.165, 1.54) is 33.1 Å². The number of halogens is 1. The maximum Gasteiger partial charge on any atom is 0.338 e. The van der Waals surface area contributed by atoms with Crippen molar-refractivity contribution in [1.29, 1.82) is 0 Å². The molecule has 1 aromatic rings. The van der Waals surface area contributed by atoms with Crippen molar-refractivity contribution in [2.75, 3.05) is 17.7 Å². The lowest BCUT2D eigenvalue weighted by atomic mass is 10.1. The number of hydrogen-bond acceptors (Lipinski definition) is 4. The Morgan fingerprint density at radius 1 is 1.05 bits per heavy atom. The van der Waals surface area contributed by atoms with Crippen molar-refractivity contribution in [3.63, 3.8) is 0 Å². The molecule has 2 amide bonds. The third-order valence-electron chi connectivity index (χ3n) is 2.12.